The highest BCUT2D eigenvalue weighted by Crippen LogP contribution is 2.40. The van der Waals surface area contributed by atoms with Gasteiger partial charge in [-0.2, -0.15) is 0 Å². The lowest BCUT2D eigenvalue weighted by Gasteiger charge is -2.22. The number of aromatic nitrogens is 2. The molecule has 1 N–H and O–H groups in total. The van der Waals surface area contributed by atoms with E-state index in [0.29, 0.717) is 17.5 Å². The fourth-order valence-electron chi connectivity index (χ4n) is 2.54. The van der Waals surface area contributed by atoms with Crippen LogP contribution in [0.25, 0.3) is 0 Å². The molecular formula is C12H18N2O2. The maximum absolute atomic E-state index is 10.3. The Morgan fingerprint density at radius 2 is 2.12 bits per heavy atom. The zero-order valence-corrected chi connectivity index (χ0v) is 9.76. The Hall–Kier alpha value is -1.16. The Kier molecular flexibility index (Phi) is 3.39. The number of hydrogen-bond donors (Lipinski definition) is 1. The van der Waals surface area contributed by atoms with Gasteiger partial charge in [0.05, 0.1) is 7.11 Å². The quantitative estimate of drug-likeness (QED) is 0.849. The first-order valence-electron chi connectivity index (χ1n) is 5.77. The van der Waals surface area contributed by atoms with Crippen LogP contribution in [0.5, 0.6) is 5.88 Å². The number of aliphatic hydroxyl groups excluding tert-OH is 1. The van der Waals surface area contributed by atoms with E-state index in [9.17, 15) is 5.11 Å². The molecule has 0 aromatic carbocycles. The lowest BCUT2D eigenvalue weighted by atomic mass is 9.90. The largest absolute Gasteiger partial charge is 0.480 e. The predicted octanol–water partition coefficient (Wildman–Crippen LogP) is 1.95. The second-order valence-electron chi connectivity index (χ2n) is 4.47. The molecule has 0 saturated heterocycles. The van der Waals surface area contributed by atoms with Crippen molar-refractivity contribution in [2.24, 2.45) is 11.8 Å². The minimum absolute atomic E-state index is 0.283. The standard InChI is InChI=1S/C12H18N2O2/c1-8-4-3-5-9(8)11(15)10-12(16-2)14-7-6-13-10/h6-9,11,15H,3-5H2,1-2H3. The molecule has 0 radical (unpaired) electrons. The smallest absolute Gasteiger partial charge is 0.238 e. The van der Waals surface area contributed by atoms with Crippen LogP contribution in [-0.4, -0.2) is 22.2 Å². The van der Waals surface area contributed by atoms with Crippen molar-refractivity contribution >= 4 is 0 Å². The molecule has 0 aliphatic heterocycles. The molecule has 1 heterocycles. The third kappa shape index (κ3) is 2.02. The molecule has 16 heavy (non-hydrogen) atoms. The number of hydrogen-bond acceptors (Lipinski definition) is 4. The predicted molar refractivity (Wildman–Crippen MR) is 60.0 cm³/mol. The summed E-state index contributed by atoms with van der Waals surface area (Å²) in [4.78, 5) is 8.26. The summed E-state index contributed by atoms with van der Waals surface area (Å²) in [5, 5.41) is 10.3. The van der Waals surface area contributed by atoms with Gasteiger partial charge in [0.2, 0.25) is 5.88 Å². The summed E-state index contributed by atoms with van der Waals surface area (Å²) in [6.07, 6.45) is 6.05. The fraction of sp³-hybridized carbons (Fsp3) is 0.667. The molecule has 1 aliphatic rings. The van der Waals surface area contributed by atoms with Crippen molar-refractivity contribution in [3.63, 3.8) is 0 Å². The minimum Gasteiger partial charge on any atom is -0.480 e. The SMILES string of the molecule is COc1nccnc1C(O)C1CCCC1C. The highest BCUT2D eigenvalue weighted by molar-refractivity contribution is 5.20. The van der Waals surface area contributed by atoms with Gasteiger partial charge in [-0.1, -0.05) is 19.8 Å². The summed E-state index contributed by atoms with van der Waals surface area (Å²) < 4.78 is 5.13. The van der Waals surface area contributed by atoms with Crippen molar-refractivity contribution in [3.05, 3.63) is 18.1 Å². The van der Waals surface area contributed by atoms with Crippen LogP contribution in [0.4, 0.5) is 0 Å². The lowest BCUT2D eigenvalue weighted by Crippen LogP contribution is -2.17. The van der Waals surface area contributed by atoms with Crippen molar-refractivity contribution in [3.8, 4) is 5.88 Å². The Morgan fingerprint density at radius 3 is 2.75 bits per heavy atom. The molecule has 3 atom stereocenters. The molecule has 2 rings (SSSR count). The monoisotopic (exact) mass is 222 g/mol. The fourth-order valence-corrected chi connectivity index (χ4v) is 2.54. The molecule has 1 aromatic rings. The number of aliphatic hydroxyl groups is 1. The summed E-state index contributed by atoms with van der Waals surface area (Å²) in [5.74, 6) is 1.27. The zero-order valence-electron chi connectivity index (χ0n) is 9.76. The highest BCUT2D eigenvalue weighted by atomic mass is 16.5. The first kappa shape index (κ1) is 11.3. The molecule has 1 fully saturated rings. The number of ether oxygens (including phenoxy) is 1. The van der Waals surface area contributed by atoms with Crippen molar-refractivity contribution in [2.75, 3.05) is 7.11 Å². The maximum Gasteiger partial charge on any atom is 0.238 e. The molecule has 4 nitrogen and oxygen atoms in total. The zero-order chi connectivity index (χ0) is 11.5. The van der Waals surface area contributed by atoms with Crippen molar-refractivity contribution in [2.45, 2.75) is 32.3 Å². The van der Waals surface area contributed by atoms with Crippen LogP contribution in [-0.2, 0) is 0 Å². The Labute approximate surface area is 95.7 Å². The van der Waals surface area contributed by atoms with Crippen LogP contribution in [0.2, 0.25) is 0 Å². The maximum atomic E-state index is 10.3. The summed E-state index contributed by atoms with van der Waals surface area (Å²) in [5.41, 5.74) is 0.573. The third-order valence-electron chi connectivity index (χ3n) is 3.50. The summed E-state index contributed by atoms with van der Waals surface area (Å²) in [6.45, 7) is 2.18. The number of rotatable bonds is 3. The molecule has 1 aromatic heterocycles. The lowest BCUT2D eigenvalue weighted by molar-refractivity contribution is 0.0827. The highest BCUT2D eigenvalue weighted by Gasteiger charge is 2.33. The third-order valence-corrected chi connectivity index (χ3v) is 3.50. The minimum atomic E-state index is -0.554. The molecule has 88 valence electrons. The molecule has 0 amide bonds. The average molecular weight is 222 g/mol. The van der Waals surface area contributed by atoms with Gasteiger partial charge in [0, 0.05) is 12.4 Å². The van der Waals surface area contributed by atoms with E-state index >= 15 is 0 Å². The van der Waals surface area contributed by atoms with Crippen molar-refractivity contribution < 1.29 is 9.84 Å². The van der Waals surface area contributed by atoms with Gasteiger partial charge in [0.1, 0.15) is 11.8 Å². The Morgan fingerprint density at radius 1 is 1.38 bits per heavy atom. The van der Waals surface area contributed by atoms with Crippen LogP contribution in [0.1, 0.15) is 38.0 Å². The summed E-state index contributed by atoms with van der Waals surface area (Å²) >= 11 is 0. The first-order chi connectivity index (χ1) is 7.74. The van der Waals surface area contributed by atoms with Crippen LogP contribution >= 0.6 is 0 Å². The molecule has 0 spiro atoms. The van der Waals surface area contributed by atoms with E-state index in [4.69, 9.17) is 4.74 Å². The van der Waals surface area contributed by atoms with Gasteiger partial charge in [-0.05, 0) is 18.3 Å². The summed E-state index contributed by atoms with van der Waals surface area (Å²) in [6, 6.07) is 0. The van der Waals surface area contributed by atoms with E-state index in [1.165, 1.54) is 12.8 Å². The Balaban J connectivity index is 2.22. The van der Waals surface area contributed by atoms with E-state index in [1.54, 1.807) is 19.5 Å². The van der Waals surface area contributed by atoms with Gasteiger partial charge in [0.15, 0.2) is 0 Å². The topological polar surface area (TPSA) is 55.2 Å². The van der Waals surface area contributed by atoms with Gasteiger partial charge < -0.3 is 9.84 Å². The second-order valence-corrected chi connectivity index (χ2v) is 4.47. The normalized spacial score (nSPS) is 26.7. The van der Waals surface area contributed by atoms with Crippen LogP contribution in [0.3, 0.4) is 0 Å². The van der Waals surface area contributed by atoms with Crippen molar-refractivity contribution in [1.82, 2.24) is 9.97 Å². The van der Waals surface area contributed by atoms with Crippen molar-refractivity contribution in [1.29, 1.82) is 0 Å². The molecule has 0 bridgehead atoms. The molecule has 4 heteroatoms. The van der Waals surface area contributed by atoms with Crippen LogP contribution in [0, 0.1) is 11.8 Å². The average Bonchev–Trinajstić information content (AvgIpc) is 2.74. The van der Waals surface area contributed by atoms with E-state index in [0.717, 1.165) is 6.42 Å². The van der Waals surface area contributed by atoms with Gasteiger partial charge in [-0.15, -0.1) is 0 Å². The van der Waals surface area contributed by atoms with Crippen LogP contribution < -0.4 is 4.74 Å². The van der Waals surface area contributed by atoms with Crippen LogP contribution in [0.15, 0.2) is 12.4 Å². The first-order valence-corrected chi connectivity index (χ1v) is 5.77. The van der Waals surface area contributed by atoms with Gasteiger partial charge in [0.25, 0.3) is 0 Å². The molecular weight excluding hydrogens is 204 g/mol. The molecule has 1 aliphatic carbocycles. The molecule has 1 saturated carbocycles. The van der Waals surface area contributed by atoms with Gasteiger partial charge >= 0.3 is 0 Å². The van der Waals surface area contributed by atoms with E-state index in [-0.39, 0.29) is 5.92 Å². The van der Waals surface area contributed by atoms with Gasteiger partial charge in [-0.25, -0.2) is 4.98 Å². The summed E-state index contributed by atoms with van der Waals surface area (Å²) in [7, 11) is 1.55. The second kappa shape index (κ2) is 4.78. The van der Waals surface area contributed by atoms with E-state index < -0.39 is 6.10 Å². The van der Waals surface area contributed by atoms with E-state index in [1.807, 2.05) is 0 Å². The van der Waals surface area contributed by atoms with E-state index in [2.05, 4.69) is 16.9 Å². The van der Waals surface area contributed by atoms with Gasteiger partial charge in [-0.3, -0.25) is 4.98 Å². The molecule has 3 unspecified atom stereocenters. The number of methoxy groups -OCH3 is 1. The Bertz CT molecular complexity index is 357. The number of nitrogens with zero attached hydrogens (tertiary/aromatic N) is 2.